The molecule has 0 bridgehead atoms. The number of hydrogen-bond donors (Lipinski definition) is 1. The van der Waals surface area contributed by atoms with E-state index in [0.29, 0.717) is 30.2 Å². The molecular formula is C24H28N2O4. The number of hydrogen-bond acceptors (Lipinski definition) is 5. The average molecular weight is 408 g/mol. The molecule has 0 saturated carbocycles. The summed E-state index contributed by atoms with van der Waals surface area (Å²) in [6.45, 7) is 2.72. The van der Waals surface area contributed by atoms with Gasteiger partial charge in [0.05, 0.1) is 27.0 Å². The number of methoxy groups -OCH3 is 3. The van der Waals surface area contributed by atoms with Crippen LogP contribution in [0.4, 0.5) is 0 Å². The van der Waals surface area contributed by atoms with Gasteiger partial charge in [0.2, 0.25) is 0 Å². The van der Waals surface area contributed by atoms with Crippen molar-refractivity contribution in [2.75, 3.05) is 27.9 Å². The molecule has 2 aromatic carbocycles. The third-order valence-electron chi connectivity index (χ3n) is 4.99. The maximum Gasteiger partial charge on any atom is 0.269 e. The van der Waals surface area contributed by atoms with Crippen LogP contribution in [0.3, 0.4) is 0 Å². The number of aromatic nitrogens is 1. The number of amides is 1. The number of benzene rings is 2. The summed E-state index contributed by atoms with van der Waals surface area (Å²) < 4.78 is 16.2. The van der Waals surface area contributed by atoms with Gasteiger partial charge in [-0.25, -0.2) is 4.98 Å². The Bertz CT molecular complexity index is 1020. The lowest BCUT2D eigenvalue weighted by Gasteiger charge is -2.14. The molecule has 1 amide bonds. The molecule has 1 heterocycles. The summed E-state index contributed by atoms with van der Waals surface area (Å²) in [6.07, 6.45) is 2.53. The molecule has 0 unspecified atom stereocenters. The van der Waals surface area contributed by atoms with Gasteiger partial charge in [0.25, 0.3) is 5.91 Å². The fraction of sp³-hybridized carbons (Fsp3) is 0.333. The highest BCUT2D eigenvalue weighted by Gasteiger charge is 2.16. The van der Waals surface area contributed by atoms with Crippen LogP contribution in [0.5, 0.6) is 17.2 Å². The van der Waals surface area contributed by atoms with E-state index in [2.05, 4.69) is 12.2 Å². The minimum absolute atomic E-state index is 0.170. The molecule has 1 aromatic heterocycles. The zero-order valence-electron chi connectivity index (χ0n) is 18.0. The van der Waals surface area contributed by atoms with Crippen LogP contribution < -0.4 is 19.5 Å². The first-order valence-electron chi connectivity index (χ1n) is 10.1. The van der Waals surface area contributed by atoms with Crippen molar-refractivity contribution in [3.63, 3.8) is 0 Å². The van der Waals surface area contributed by atoms with Gasteiger partial charge in [-0.2, -0.15) is 0 Å². The predicted octanol–water partition coefficient (Wildman–Crippen LogP) is 4.38. The molecule has 1 N–H and O–H groups in total. The molecular weight excluding hydrogens is 380 g/mol. The van der Waals surface area contributed by atoms with E-state index in [1.165, 1.54) is 0 Å². The highest BCUT2D eigenvalue weighted by molar-refractivity contribution is 5.98. The van der Waals surface area contributed by atoms with E-state index in [4.69, 9.17) is 19.2 Å². The molecule has 0 fully saturated rings. The predicted molar refractivity (Wildman–Crippen MR) is 118 cm³/mol. The Hall–Kier alpha value is -3.28. The zero-order chi connectivity index (χ0) is 21.5. The smallest absolute Gasteiger partial charge is 0.269 e. The number of unbranched alkanes of at least 4 members (excludes halogenated alkanes) is 1. The summed E-state index contributed by atoms with van der Waals surface area (Å²) in [7, 11) is 4.85. The molecule has 6 heteroatoms. The lowest BCUT2D eigenvalue weighted by Crippen LogP contribution is -2.25. The maximum absolute atomic E-state index is 12.7. The summed E-state index contributed by atoms with van der Waals surface area (Å²) in [5, 5.41) is 4.75. The monoisotopic (exact) mass is 408 g/mol. The van der Waals surface area contributed by atoms with E-state index in [1.54, 1.807) is 27.4 Å². The molecule has 30 heavy (non-hydrogen) atoms. The van der Waals surface area contributed by atoms with Crippen LogP contribution in [0.1, 0.15) is 41.5 Å². The van der Waals surface area contributed by atoms with E-state index in [-0.39, 0.29) is 5.91 Å². The van der Waals surface area contributed by atoms with Gasteiger partial charge in [0.1, 0.15) is 11.4 Å². The van der Waals surface area contributed by atoms with Gasteiger partial charge >= 0.3 is 0 Å². The Balaban J connectivity index is 2.06. The fourth-order valence-corrected chi connectivity index (χ4v) is 3.31. The number of nitrogens with one attached hydrogen (secondary N) is 1. The van der Waals surface area contributed by atoms with Crippen LogP contribution in [0.25, 0.3) is 10.8 Å². The third kappa shape index (κ3) is 4.82. The Morgan fingerprint density at radius 1 is 0.967 bits per heavy atom. The Morgan fingerprint density at radius 2 is 1.67 bits per heavy atom. The summed E-state index contributed by atoms with van der Waals surface area (Å²) in [6, 6.07) is 13.4. The lowest BCUT2D eigenvalue weighted by atomic mass is 10.0. The first kappa shape index (κ1) is 21.4. The van der Waals surface area contributed by atoms with Gasteiger partial charge in [-0.15, -0.1) is 0 Å². The first-order valence-corrected chi connectivity index (χ1v) is 10.1. The normalized spacial score (nSPS) is 10.7. The van der Waals surface area contributed by atoms with Crippen molar-refractivity contribution in [1.82, 2.24) is 10.3 Å². The van der Waals surface area contributed by atoms with Gasteiger partial charge in [0.15, 0.2) is 11.5 Å². The van der Waals surface area contributed by atoms with Crippen LogP contribution in [0, 0.1) is 0 Å². The molecule has 0 aliphatic rings. The van der Waals surface area contributed by atoms with Gasteiger partial charge in [0, 0.05) is 18.4 Å². The lowest BCUT2D eigenvalue weighted by molar-refractivity contribution is 0.0948. The number of fused-ring (bicyclic) bond motifs is 1. The Kier molecular flexibility index (Phi) is 7.12. The molecule has 0 aliphatic heterocycles. The summed E-state index contributed by atoms with van der Waals surface area (Å²) >= 11 is 0. The van der Waals surface area contributed by atoms with Crippen molar-refractivity contribution in [2.45, 2.75) is 26.2 Å². The molecule has 0 saturated heterocycles. The molecule has 3 rings (SSSR count). The van der Waals surface area contributed by atoms with Crippen molar-refractivity contribution in [3.8, 4) is 17.2 Å². The second kappa shape index (κ2) is 9.96. The topological polar surface area (TPSA) is 69.7 Å². The van der Waals surface area contributed by atoms with E-state index in [0.717, 1.165) is 40.6 Å². The number of rotatable bonds is 9. The van der Waals surface area contributed by atoms with Crippen LogP contribution in [-0.2, 0) is 6.42 Å². The van der Waals surface area contributed by atoms with Gasteiger partial charge in [-0.05, 0) is 47.7 Å². The fourth-order valence-electron chi connectivity index (χ4n) is 3.31. The minimum atomic E-state index is -0.170. The molecule has 6 nitrogen and oxygen atoms in total. The van der Waals surface area contributed by atoms with E-state index < -0.39 is 0 Å². The SMILES string of the molecule is CCCCNC(=O)c1cc2cc(OC)c(OC)cc2c(Cc2ccc(OC)cc2)n1. The summed E-state index contributed by atoms with van der Waals surface area (Å²) in [4.78, 5) is 17.4. The minimum Gasteiger partial charge on any atom is -0.497 e. The second-order valence-electron chi connectivity index (χ2n) is 7.02. The Morgan fingerprint density at radius 3 is 2.30 bits per heavy atom. The largest absolute Gasteiger partial charge is 0.497 e. The summed E-state index contributed by atoms with van der Waals surface area (Å²) in [5.41, 5.74) is 2.27. The number of ether oxygens (including phenoxy) is 3. The molecule has 0 spiro atoms. The summed E-state index contributed by atoms with van der Waals surface area (Å²) in [5.74, 6) is 1.87. The molecule has 158 valence electrons. The number of pyridine rings is 1. The second-order valence-corrected chi connectivity index (χ2v) is 7.02. The third-order valence-corrected chi connectivity index (χ3v) is 4.99. The van der Waals surface area contributed by atoms with Crippen LogP contribution in [-0.4, -0.2) is 38.8 Å². The molecule has 0 atom stereocenters. The van der Waals surface area contributed by atoms with Crippen LogP contribution in [0.15, 0.2) is 42.5 Å². The van der Waals surface area contributed by atoms with Crippen molar-refractivity contribution in [2.24, 2.45) is 0 Å². The molecule has 0 aliphatic carbocycles. The highest BCUT2D eigenvalue weighted by Crippen LogP contribution is 2.34. The van der Waals surface area contributed by atoms with Crippen molar-refractivity contribution in [3.05, 3.63) is 59.4 Å². The van der Waals surface area contributed by atoms with Crippen LogP contribution >= 0.6 is 0 Å². The standard InChI is InChI=1S/C24H28N2O4/c1-5-6-11-25-24(27)21-13-17-14-22(29-3)23(30-4)15-19(17)20(26-21)12-16-7-9-18(28-2)10-8-16/h7-10,13-15H,5-6,11-12H2,1-4H3,(H,25,27). The zero-order valence-corrected chi connectivity index (χ0v) is 18.0. The van der Waals surface area contributed by atoms with E-state index in [1.807, 2.05) is 36.4 Å². The van der Waals surface area contributed by atoms with Crippen molar-refractivity contribution < 1.29 is 19.0 Å². The Labute approximate surface area is 177 Å². The van der Waals surface area contributed by atoms with E-state index >= 15 is 0 Å². The van der Waals surface area contributed by atoms with Crippen LogP contribution in [0.2, 0.25) is 0 Å². The van der Waals surface area contributed by atoms with Gasteiger partial charge in [-0.3, -0.25) is 4.79 Å². The number of nitrogens with zero attached hydrogens (tertiary/aromatic N) is 1. The highest BCUT2D eigenvalue weighted by atomic mass is 16.5. The number of carbonyl (C=O) groups excluding carboxylic acids is 1. The number of carbonyl (C=O) groups is 1. The van der Waals surface area contributed by atoms with Gasteiger partial charge < -0.3 is 19.5 Å². The van der Waals surface area contributed by atoms with Crippen molar-refractivity contribution in [1.29, 1.82) is 0 Å². The quantitative estimate of drug-likeness (QED) is 0.532. The first-order chi connectivity index (χ1) is 14.6. The molecule has 3 aromatic rings. The van der Waals surface area contributed by atoms with Crippen molar-refractivity contribution >= 4 is 16.7 Å². The molecule has 0 radical (unpaired) electrons. The van der Waals surface area contributed by atoms with E-state index in [9.17, 15) is 4.79 Å². The maximum atomic E-state index is 12.7. The average Bonchev–Trinajstić information content (AvgIpc) is 2.78. The van der Waals surface area contributed by atoms with Gasteiger partial charge in [-0.1, -0.05) is 25.5 Å².